The number of hydrogen-bond acceptors (Lipinski definition) is 6. The van der Waals surface area contributed by atoms with E-state index >= 15 is 0 Å². The number of nitrogens with one attached hydrogen (secondary N) is 1. The fourth-order valence-electron chi connectivity index (χ4n) is 2.44. The zero-order valence-electron chi connectivity index (χ0n) is 15.5. The van der Waals surface area contributed by atoms with Crippen LogP contribution < -0.4 is 5.43 Å². The second-order valence-electron chi connectivity index (χ2n) is 5.91. The molecular formula is C19H21N5O2S. The fraction of sp³-hybridized carbons (Fsp3) is 0.263. The van der Waals surface area contributed by atoms with Crippen LogP contribution in [0.2, 0.25) is 0 Å². The van der Waals surface area contributed by atoms with E-state index in [9.17, 15) is 4.79 Å². The first-order valence-electron chi connectivity index (χ1n) is 8.58. The van der Waals surface area contributed by atoms with Crippen molar-refractivity contribution in [3.05, 3.63) is 54.0 Å². The third-order valence-corrected chi connectivity index (χ3v) is 4.87. The second-order valence-corrected chi connectivity index (χ2v) is 6.86. The number of aryl methyl sites for hydroxylation is 1. The first-order chi connectivity index (χ1) is 13.1. The molecule has 0 bridgehead atoms. The first-order valence-corrected chi connectivity index (χ1v) is 9.57. The lowest BCUT2D eigenvalue weighted by Crippen LogP contribution is -2.21. The molecule has 0 aliphatic heterocycles. The molecule has 0 aliphatic carbocycles. The van der Waals surface area contributed by atoms with Gasteiger partial charge in [-0.05, 0) is 32.9 Å². The van der Waals surface area contributed by atoms with Gasteiger partial charge in [-0.1, -0.05) is 41.6 Å². The number of nitrogens with zero attached hydrogens (tertiary/aromatic N) is 4. The maximum atomic E-state index is 12.1. The maximum absolute atomic E-state index is 12.1. The molecular weight excluding hydrogens is 362 g/mol. The zero-order chi connectivity index (χ0) is 19.2. The van der Waals surface area contributed by atoms with Crippen LogP contribution in [0.15, 0.2) is 57.3 Å². The minimum Gasteiger partial charge on any atom is -0.463 e. The number of aromatic nitrogens is 3. The van der Waals surface area contributed by atoms with E-state index in [0.717, 1.165) is 17.9 Å². The third-order valence-electron chi connectivity index (χ3n) is 3.90. The summed E-state index contributed by atoms with van der Waals surface area (Å²) in [5, 5.41) is 13.3. The highest BCUT2D eigenvalue weighted by atomic mass is 32.2. The molecule has 1 amide bonds. The van der Waals surface area contributed by atoms with E-state index < -0.39 is 0 Å². The van der Waals surface area contributed by atoms with Gasteiger partial charge in [0.05, 0.1) is 12.0 Å². The van der Waals surface area contributed by atoms with Crippen molar-refractivity contribution >= 4 is 23.4 Å². The van der Waals surface area contributed by atoms with Crippen LogP contribution in [0.3, 0.4) is 0 Å². The van der Waals surface area contributed by atoms with E-state index in [2.05, 4.69) is 20.7 Å². The molecule has 0 fully saturated rings. The minimum atomic E-state index is -0.214. The second kappa shape index (κ2) is 8.68. The predicted octanol–water partition coefficient (Wildman–Crippen LogP) is 3.50. The number of amides is 1. The molecule has 0 spiro atoms. The highest BCUT2D eigenvalue weighted by Crippen LogP contribution is 2.24. The number of hydrazone groups is 1. The number of thioether (sulfide) groups is 1. The van der Waals surface area contributed by atoms with Crippen LogP contribution in [-0.4, -0.2) is 32.1 Å². The summed E-state index contributed by atoms with van der Waals surface area (Å²) >= 11 is 1.33. The molecule has 0 radical (unpaired) electrons. The van der Waals surface area contributed by atoms with Crippen molar-refractivity contribution < 1.29 is 9.21 Å². The number of furan rings is 1. The molecule has 0 unspecified atom stereocenters. The monoisotopic (exact) mass is 383 g/mol. The minimum absolute atomic E-state index is 0.195. The molecule has 27 heavy (non-hydrogen) atoms. The lowest BCUT2D eigenvalue weighted by molar-refractivity contribution is -0.118. The van der Waals surface area contributed by atoms with Gasteiger partial charge in [0, 0.05) is 12.1 Å². The van der Waals surface area contributed by atoms with Gasteiger partial charge in [0.15, 0.2) is 11.0 Å². The lowest BCUT2D eigenvalue weighted by Gasteiger charge is -2.07. The summed E-state index contributed by atoms with van der Waals surface area (Å²) in [6.07, 6.45) is 1.56. The summed E-state index contributed by atoms with van der Waals surface area (Å²) in [5.74, 6) is 1.40. The Kier molecular flexibility index (Phi) is 6.08. The third kappa shape index (κ3) is 4.65. The Morgan fingerprint density at radius 3 is 2.70 bits per heavy atom. The zero-order valence-corrected chi connectivity index (χ0v) is 16.3. The summed E-state index contributed by atoms with van der Waals surface area (Å²) in [7, 11) is 0. The molecule has 2 aromatic heterocycles. The number of carbonyl (C=O) groups excluding carboxylic acids is 1. The van der Waals surface area contributed by atoms with Gasteiger partial charge in [-0.25, -0.2) is 5.43 Å². The Bertz CT molecular complexity index is 930. The van der Waals surface area contributed by atoms with Crippen LogP contribution in [0.1, 0.15) is 25.2 Å². The Morgan fingerprint density at radius 1 is 1.26 bits per heavy atom. The van der Waals surface area contributed by atoms with Gasteiger partial charge in [-0.2, -0.15) is 5.10 Å². The molecule has 7 nitrogen and oxygen atoms in total. The number of rotatable bonds is 7. The van der Waals surface area contributed by atoms with Gasteiger partial charge in [0.2, 0.25) is 0 Å². The van der Waals surface area contributed by atoms with Gasteiger partial charge in [-0.3, -0.25) is 4.79 Å². The summed E-state index contributed by atoms with van der Waals surface area (Å²) in [6, 6.07) is 11.7. The number of hydrogen-bond donors (Lipinski definition) is 1. The van der Waals surface area contributed by atoms with Crippen LogP contribution in [0.4, 0.5) is 0 Å². The molecule has 1 N–H and O–H groups in total. The van der Waals surface area contributed by atoms with Crippen molar-refractivity contribution in [1.29, 1.82) is 0 Å². The molecule has 1 aromatic carbocycles. The Labute approximate surface area is 161 Å². The van der Waals surface area contributed by atoms with Crippen molar-refractivity contribution in [3.63, 3.8) is 0 Å². The van der Waals surface area contributed by atoms with Gasteiger partial charge in [0.1, 0.15) is 11.5 Å². The molecule has 8 heteroatoms. The van der Waals surface area contributed by atoms with Crippen molar-refractivity contribution in [1.82, 2.24) is 20.2 Å². The maximum Gasteiger partial charge on any atom is 0.250 e. The normalized spacial score (nSPS) is 11.6. The molecule has 0 saturated heterocycles. The van der Waals surface area contributed by atoms with Crippen molar-refractivity contribution in [3.8, 4) is 11.4 Å². The van der Waals surface area contributed by atoms with Crippen LogP contribution in [0.5, 0.6) is 0 Å². The summed E-state index contributed by atoms with van der Waals surface area (Å²) < 4.78 is 7.23. The molecule has 0 aliphatic rings. The topological polar surface area (TPSA) is 85.3 Å². The number of carbonyl (C=O) groups is 1. The number of benzene rings is 1. The lowest BCUT2D eigenvalue weighted by atomic mass is 10.1. The van der Waals surface area contributed by atoms with Crippen LogP contribution in [0.25, 0.3) is 11.4 Å². The van der Waals surface area contributed by atoms with Crippen molar-refractivity contribution in [2.75, 3.05) is 5.75 Å². The smallest absolute Gasteiger partial charge is 0.250 e. The van der Waals surface area contributed by atoms with E-state index in [4.69, 9.17) is 4.42 Å². The highest BCUT2D eigenvalue weighted by molar-refractivity contribution is 7.99. The average molecular weight is 383 g/mol. The van der Waals surface area contributed by atoms with E-state index in [-0.39, 0.29) is 11.7 Å². The molecule has 0 saturated carbocycles. The quantitative estimate of drug-likeness (QED) is 0.383. The molecule has 2 heterocycles. The van der Waals surface area contributed by atoms with E-state index in [0.29, 0.717) is 16.6 Å². The Balaban J connectivity index is 1.63. The fourth-order valence-corrected chi connectivity index (χ4v) is 3.24. The summed E-state index contributed by atoms with van der Waals surface area (Å²) in [6.45, 7) is 6.57. The van der Waals surface area contributed by atoms with Gasteiger partial charge < -0.3 is 8.98 Å². The molecule has 3 rings (SSSR count). The summed E-state index contributed by atoms with van der Waals surface area (Å²) in [4.78, 5) is 12.1. The van der Waals surface area contributed by atoms with Gasteiger partial charge >= 0.3 is 0 Å². The van der Waals surface area contributed by atoms with Crippen LogP contribution >= 0.6 is 11.8 Å². The van der Waals surface area contributed by atoms with Crippen LogP contribution in [-0.2, 0) is 11.3 Å². The van der Waals surface area contributed by atoms with Crippen molar-refractivity contribution in [2.24, 2.45) is 5.10 Å². The van der Waals surface area contributed by atoms with Crippen molar-refractivity contribution in [2.45, 2.75) is 32.5 Å². The standard InChI is InChI=1S/C19H21N5O2S/c1-4-24-18(15-9-7-13(2)8-10-15)22-23-19(24)27-12-17(25)21-20-14(3)16-6-5-11-26-16/h5-11H,4,12H2,1-3H3,(H,21,25)/b20-14-. The summed E-state index contributed by atoms with van der Waals surface area (Å²) in [5.41, 5.74) is 5.34. The molecule has 3 aromatic rings. The molecule has 140 valence electrons. The van der Waals surface area contributed by atoms with E-state index in [1.165, 1.54) is 17.3 Å². The molecule has 0 atom stereocenters. The Hall–Kier alpha value is -2.87. The average Bonchev–Trinajstić information content (AvgIpc) is 3.34. The van der Waals surface area contributed by atoms with Gasteiger partial charge in [0.25, 0.3) is 5.91 Å². The van der Waals surface area contributed by atoms with Gasteiger partial charge in [-0.15, -0.1) is 10.2 Å². The highest BCUT2D eigenvalue weighted by Gasteiger charge is 2.14. The van der Waals surface area contributed by atoms with Crippen LogP contribution in [0, 0.1) is 6.92 Å². The predicted molar refractivity (Wildman–Crippen MR) is 106 cm³/mol. The van der Waals surface area contributed by atoms with E-state index in [1.807, 2.05) is 42.7 Å². The SMILES string of the molecule is CCn1c(SCC(=O)N/N=C(/C)c2ccco2)nnc1-c1ccc(C)cc1. The largest absolute Gasteiger partial charge is 0.463 e. The first kappa shape index (κ1) is 18.9. The van der Waals surface area contributed by atoms with E-state index in [1.54, 1.807) is 25.3 Å². The Morgan fingerprint density at radius 2 is 2.04 bits per heavy atom.